The van der Waals surface area contributed by atoms with Gasteiger partial charge in [0.05, 0.1) is 11.4 Å². The van der Waals surface area contributed by atoms with Gasteiger partial charge in [0.25, 0.3) is 5.91 Å². The van der Waals surface area contributed by atoms with Crippen LogP contribution in [0.4, 0.5) is 5.69 Å². The Hall–Kier alpha value is -3.67. The second-order valence-electron chi connectivity index (χ2n) is 7.10. The Morgan fingerprint density at radius 3 is 2.50 bits per heavy atom. The highest BCUT2D eigenvalue weighted by Crippen LogP contribution is 2.19. The highest BCUT2D eigenvalue weighted by atomic mass is 16.5. The number of carbonyl (C=O) groups is 2. The second-order valence-corrected chi connectivity index (χ2v) is 7.10. The zero-order valence-corrected chi connectivity index (χ0v) is 17.5. The number of anilines is 1. The summed E-state index contributed by atoms with van der Waals surface area (Å²) >= 11 is 0. The van der Waals surface area contributed by atoms with E-state index < -0.39 is 12.1 Å². The lowest BCUT2D eigenvalue weighted by atomic mass is 10.2. The lowest BCUT2D eigenvalue weighted by Gasteiger charge is -2.12. The van der Waals surface area contributed by atoms with Crippen LogP contribution >= 0.6 is 0 Å². The van der Waals surface area contributed by atoms with Gasteiger partial charge in [-0.25, -0.2) is 9.48 Å². The number of para-hydroxylation sites is 1. The molecule has 0 aliphatic rings. The molecule has 1 aromatic heterocycles. The molecule has 1 amide bonds. The van der Waals surface area contributed by atoms with E-state index in [2.05, 4.69) is 10.4 Å². The van der Waals surface area contributed by atoms with Crippen molar-refractivity contribution in [3.63, 3.8) is 0 Å². The van der Waals surface area contributed by atoms with Crippen molar-refractivity contribution in [3.8, 4) is 5.69 Å². The SMILES string of the molecule is Cc1cccc(NC(=O)C(C)OC(=O)/C=C/c2c(C)nn(-c3ccccc3)c2C)c1. The van der Waals surface area contributed by atoms with E-state index in [-0.39, 0.29) is 5.91 Å². The largest absolute Gasteiger partial charge is 0.449 e. The summed E-state index contributed by atoms with van der Waals surface area (Å²) in [6.45, 7) is 7.31. The van der Waals surface area contributed by atoms with Gasteiger partial charge >= 0.3 is 5.97 Å². The van der Waals surface area contributed by atoms with Crippen LogP contribution in [0.3, 0.4) is 0 Å². The lowest BCUT2D eigenvalue weighted by molar-refractivity contribution is -0.148. The van der Waals surface area contributed by atoms with E-state index in [1.807, 2.05) is 74.0 Å². The van der Waals surface area contributed by atoms with Crippen LogP contribution in [0.1, 0.15) is 29.4 Å². The molecule has 0 saturated carbocycles. The molecule has 1 atom stereocenters. The van der Waals surface area contributed by atoms with Crippen LogP contribution in [0, 0.1) is 20.8 Å². The minimum absolute atomic E-state index is 0.383. The summed E-state index contributed by atoms with van der Waals surface area (Å²) in [6, 6.07) is 17.2. The first-order valence-corrected chi connectivity index (χ1v) is 9.73. The fourth-order valence-corrected chi connectivity index (χ4v) is 3.10. The lowest BCUT2D eigenvalue weighted by Crippen LogP contribution is -2.29. The Morgan fingerprint density at radius 2 is 1.80 bits per heavy atom. The van der Waals surface area contributed by atoms with Crippen molar-refractivity contribution >= 4 is 23.6 Å². The molecule has 0 aliphatic heterocycles. The third-order valence-corrected chi connectivity index (χ3v) is 4.68. The number of ether oxygens (including phenoxy) is 1. The van der Waals surface area contributed by atoms with Gasteiger partial charge in [0, 0.05) is 23.0 Å². The first-order valence-electron chi connectivity index (χ1n) is 9.73. The van der Waals surface area contributed by atoms with Crippen molar-refractivity contribution in [2.24, 2.45) is 0 Å². The number of aryl methyl sites for hydroxylation is 2. The molecule has 154 valence electrons. The smallest absolute Gasteiger partial charge is 0.331 e. The van der Waals surface area contributed by atoms with Gasteiger partial charge in [-0.2, -0.15) is 5.10 Å². The molecular weight excluding hydrogens is 378 g/mol. The highest BCUT2D eigenvalue weighted by Gasteiger charge is 2.17. The fraction of sp³-hybridized carbons (Fsp3) is 0.208. The molecule has 3 rings (SSSR count). The van der Waals surface area contributed by atoms with Gasteiger partial charge < -0.3 is 10.1 Å². The average Bonchev–Trinajstić information content (AvgIpc) is 3.00. The molecule has 3 aromatic rings. The molecule has 0 bridgehead atoms. The molecular formula is C24H25N3O3. The highest BCUT2D eigenvalue weighted by molar-refractivity contribution is 5.96. The van der Waals surface area contributed by atoms with E-state index in [0.29, 0.717) is 5.69 Å². The summed E-state index contributed by atoms with van der Waals surface area (Å²) in [5, 5.41) is 7.30. The van der Waals surface area contributed by atoms with Crippen LogP contribution in [0.15, 0.2) is 60.7 Å². The van der Waals surface area contributed by atoms with Crippen LogP contribution in [-0.4, -0.2) is 27.8 Å². The van der Waals surface area contributed by atoms with Crippen molar-refractivity contribution in [3.05, 3.63) is 83.2 Å². The molecule has 0 radical (unpaired) electrons. The fourth-order valence-electron chi connectivity index (χ4n) is 3.10. The Balaban J connectivity index is 1.64. The molecule has 0 fully saturated rings. The van der Waals surface area contributed by atoms with Gasteiger partial charge in [0.15, 0.2) is 6.10 Å². The Kier molecular flexibility index (Phi) is 6.47. The van der Waals surface area contributed by atoms with E-state index in [1.165, 1.54) is 6.08 Å². The summed E-state index contributed by atoms with van der Waals surface area (Å²) < 4.78 is 7.07. The van der Waals surface area contributed by atoms with Crippen LogP contribution in [-0.2, 0) is 14.3 Å². The molecule has 0 spiro atoms. The zero-order valence-electron chi connectivity index (χ0n) is 17.5. The van der Waals surface area contributed by atoms with Gasteiger partial charge in [-0.15, -0.1) is 0 Å². The first-order chi connectivity index (χ1) is 14.3. The van der Waals surface area contributed by atoms with E-state index in [4.69, 9.17) is 4.74 Å². The number of rotatable bonds is 6. The van der Waals surface area contributed by atoms with Crippen molar-refractivity contribution < 1.29 is 14.3 Å². The van der Waals surface area contributed by atoms with Crippen LogP contribution < -0.4 is 5.32 Å². The minimum atomic E-state index is -0.920. The van der Waals surface area contributed by atoms with E-state index in [1.54, 1.807) is 19.1 Å². The monoisotopic (exact) mass is 403 g/mol. The molecule has 30 heavy (non-hydrogen) atoms. The number of nitrogens with zero attached hydrogens (tertiary/aromatic N) is 2. The number of hydrogen-bond acceptors (Lipinski definition) is 4. The summed E-state index contributed by atoms with van der Waals surface area (Å²) in [4.78, 5) is 24.5. The number of benzene rings is 2. The number of aromatic nitrogens is 2. The van der Waals surface area contributed by atoms with E-state index in [0.717, 1.165) is 28.2 Å². The van der Waals surface area contributed by atoms with Gasteiger partial charge in [-0.05, 0) is 63.6 Å². The third kappa shape index (κ3) is 5.03. The normalized spacial score (nSPS) is 12.0. The number of hydrogen-bond donors (Lipinski definition) is 1. The third-order valence-electron chi connectivity index (χ3n) is 4.68. The van der Waals surface area contributed by atoms with Gasteiger partial charge in [-0.3, -0.25) is 4.79 Å². The number of amides is 1. The Labute approximate surface area is 176 Å². The molecule has 1 unspecified atom stereocenters. The summed E-state index contributed by atoms with van der Waals surface area (Å²) in [5.41, 5.74) is 5.19. The van der Waals surface area contributed by atoms with Crippen molar-refractivity contribution in [1.82, 2.24) is 9.78 Å². The predicted molar refractivity (Wildman–Crippen MR) is 117 cm³/mol. The molecule has 1 N–H and O–H groups in total. The van der Waals surface area contributed by atoms with Crippen molar-refractivity contribution in [2.75, 3.05) is 5.32 Å². The van der Waals surface area contributed by atoms with Gasteiger partial charge in [-0.1, -0.05) is 30.3 Å². The minimum Gasteiger partial charge on any atom is -0.449 e. The van der Waals surface area contributed by atoms with E-state index in [9.17, 15) is 9.59 Å². The van der Waals surface area contributed by atoms with Crippen LogP contribution in [0.2, 0.25) is 0 Å². The summed E-state index contributed by atoms with van der Waals surface area (Å²) in [6.07, 6.45) is 2.07. The quantitative estimate of drug-likeness (QED) is 0.490. The van der Waals surface area contributed by atoms with Crippen LogP contribution in [0.25, 0.3) is 11.8 Å². The van der Waals surface area contributed by atoms with Crippen molar-refractivity contribution in [2.45, 2.75) is 33.8 Å². The molecule has 1 heterocycles. The van der Waals surface area contributed by atoms with Crippen LogP contribution in [0.5, 0.6) is 0 Å². The van der Waals surface area contributed by atoms with Gasteiger partial charge in [0.2, 0.25) is 0 Å². The zero-order chi connectivity index (χ0) is 21.7. The maximum atomic E-state index is 12.3. The topological polar surface area (TPSA) is 73.2 Å². The maximum Gasteiger partial charge on any atom is 0.331 e. The summed E-state index contributed by atoms with van der Waals surface area (Å²) in [7, 11) is 0. The van der Waals surface area contributed by atoms with Crippen molar-refractivity contribution in [1.29, 1.82) is 0 Å². The Morgan fingerprint density at radius 1 is 1.07 bits per heavy atom. The Bertz CT molecular complexity index is 1080. The molecule has 0 saturated heterocycles. The molecule has 0 aliphatic carbocycles. The number of carbonyl (C=O) groups excluding carboxylic acids is 2. The molecule has 6 heteroatoms. The number of esters is 1. The average molecular weight is 403 g/mol. The second kappa shape index (κ2) is 9.22. The van der Waals surface area contributed by atoms with E-state index >= 15 is 0 Å². The standard InChI is InChI=1S/C24H25N3O3/c1-16-9-8-10-20(15-16)25-24(29)19(4)30-23(28)14-13-22-17(2)26-27(18(22)3)21-11-6-5-7-12-21/h5-15,19H,1-4H3,(H,25,29)/b14-13+. The molecule has 6 nitrogen and oxygen atoms in total. The maximum absolute atomic E-state index is 12.3. The number of nitrogens with one attached hydrogen (secondary N) is 1. The summed E-state index contributed by atoms with van der Waals surface area (Å²) in [5.74, 6) is -0.972. The predicted octanol–water partition coefficient (Wildman–Crippen LogP) is 4.38. The van der Waals surface area contributed by atoms with Gasteiger partial charge in [0.1, 0.15) is 0 Å². The molecule has 2 aromatic carbocycles. The first kappa shape index (κ1) is 21.0.